The van der Waals surface area contributed by atoms with Gasteiger partial charge in [-0.15, -0.1) is 0 Å². The van der Waals surface area contributed by atoms with Crippen molar-refractivity contribution in [3.63, 3.8) is 0 Å². The highest BCUT2D eigenvalue weighted by atomic mass is 79.9. The fourth-order valence-corrected chi connectivity index (χ4v) is 2.64. The van der Waals surface area contributed by atoms with Gasteiger partial charge in [-0.1, -0.05) is 17.7 Å². The number of halogens is 2. The van der Waals surface area contributed by atoms with E-state index in [1.807, 2.05) is 0 Å². The molecule has 9 heteroatoms. The van der Waals surface area contributed by atoms with Crippen molar-refractivity contribution in [3.8, 4) is 0 Å². The first-order valence-electron chi connectivity index (χ1n) is 7.10. The predicted octanol–water partition coefficient (Wildman–Crippen LogP) is 3.69. The number of hydrogen-bond acceptors (Lipinski definition) is 3. The molecule has 0 spiro atoms. The number of furan rings is 1. The third-order valence-electron chi connectivity index (χ3n) is 3.29. The third kappa shape index (κ3) is 4.09. The standard InChI is InChI=1S/C16H12BrClN4O3/c1-22-12(8-11-5-6-13(17)25-11)14(23)20-15(22)21-16(24)19-10-4-2-3-9(18)7-10/h2-8H,1H3,(H2,19,20,21,23,24)/b12-8-. The number of anilines is 1. The van der Waals surface area contributed by atoms with Crippen LogP contribution < -0.4 is 10.6 Å². The van der Waals surface area contributed by atoms with Gasteiger partial charge in [0.2, 0.25) is 5.96 Å². The van der Waals surface area contributed by atoms with Crippen LogP contribution >= 0.6 is 27.5 Å². The Morgan fingerprint density at radius 3 is 2.88 bits per heavy atom. The summed E-state index contributed by atoms with van der Waals surface area (Å²) in [7, 11) is 1.62. The van der Waals surface area contributed by atoms with E-state index in [1.54, 1.807) is 49.5 Å². The van der Waals surface area contributed by atoms with Crippen molar-refractivity contribution < 1.29 is 14.0 Å². The van der Waals surface area contributed by atoms with Crippen LogP contribution in [0.2, 0.25) is 5.02 Å². The Kier molecular flexibility index (Phi) is 4.91. The molecule has 3 amide bonds. The van der Waals surface area contributed by atoms with Crippen LogP contribution in [0.3, 0.4) is 0 Å². The number of hydrogen-bond donors (Lipinski definition) is 2. The summed E-state index contributed by atoms with van der Waals surface area (Å²) in [5.74, 6) is 0.222. The number of carbonyl (C=O) groups excluding carboxylic acids is 2. The Balaban J connectivity index is 1.76. The number of amides is 3. The lowest BCUT2D eigenvalue weighted by molar-refractivity contribution is -0.115. The van der Waals surface area contributed by atoms with Gasteiger partial charge >= 0.3 is 6.03 Å². The molecule has 0 saturated carbocycles. The van der Waals surface area contributed by atoms with Crippen molar-refractivity contribution in [2.75, 3.05) is 12.4 Å². The summed E-state index contributed by atoms with van der Waals surface area (Å²) >= 11 is 9.06. The minimum atomic E-state index is -0.633. The lowest BCUT2D eigenvalue weighted by Gasteiger charge is -2.10. The molecule has 0 aliphatic carbocycles. The maximum atomic E-state index is 12.1. The Morgan fingerprint density at radius 1 is 1.40 bits per heavy atom. The molecule has 0 radical (unpaired) electrons. The number of rotatable bonds is 2. The van der Waals surface area contributed by atoms with Crippen molar-refractivity contribution in [1.82, 2.24) is 10.2 Å². The van der Waals surface area contributed by atoms with Gasteiger partial charge in [0, 0.05) is 23.8 Å². The number of benzene rings is 1. The molecule has 2 N–H and O–H groups in total. The quantitative estimate of drug-likeness (QED) is 0.721. The van der Waals surface area contributed by atoms with E-state index in [0.717, 1.165) is 0 Å². The Bertz CT molecular complexity index is 906. The molecule has 0 bridgehead atoms. The van der Waals surface area contributed by atoms with Crippen LogP contribution in [-0.2, 0) is 4.79 Å². The minimum absolute atomic E-state index is 0.112. The molecule has 1 aliphatic heterocycles. The molecule has 7 nitrogen and oxygen atoms in total. The summed E-state index contributed by atoms with van der Waals surface area (Å²) < 4.78 is 5.90. The number of nitrogens with one attached hydrogen (secondary N) is 2. The normalized spacial score (nSPS) is 17.2. The number of urea groups is 1. The Hall–Kier alpha value is -2.58. The molecule has 1 fully saturated rings. The van der Waals surface area contributed by atoms with Crippen LogP contribution in [0.25, 0.3) is 6.08 Å². The predicted molar refractivity (Wildman–Crippen MR) is 98.2 cm³/mol. The van der Waals surface area contributed by atoms with Gasteiger partial charge in [0.05, 0.1) is 0 Å². The number of aliphatic imine (C=N–C) groups is 1. The fourth-order valence-electron chi connectivity index (χ4n) is 2.14. The molecule has 1 aromatic heterocycles. The molecule has 2 aromatic rings. The molecule has 1 aliphatic rings. The van der Waals surface area contributed by atoms with Crippen molar-refractivity contribution in [2.24, 2.45) is 4.99 Å². The van der Waals surface area contributed by atoms with Crippen molar-refractivity contribution in [2.45, 2.75) is 0 Å². The van der Waals surface area contributed by atoms with Gasteiger partial charge in [0.1, 0.15) is 11.5 Å². The van der Waals surface area contributed by atoms with Crippen molar-refractivity contribution >= 4 is 57.2 Å². The molecule has 3 rings (SSSR count). The van der Waals surface area contributed by atoms with Crippen LogP contribution in [0.15, 0.2) is 56.2 Å². The molecule has 1 saturated heterocycles. The number of nitrogens with zero attached hydrogens (tertiary/aromatic N) is 2. The van der Waals surface area contributed by atoms with E-state index in [9.17, 15) is 9.59 Å². The zero-order valence-corrected chi connectivity index (χ0v) is 15.3. The number of carbonyl (C=O) groups is 2. The largest absolute Gasteiger partial charge is 0.450 e. The van der Waals surface area contributed by atoms with Crippen LogP contribution in [0.1, 0.15) is 5.76 Å². The lowest BCUT2D eigenvalue weighted by atomic mass is 10.3. The molecule has 128 valence electrons. The highest BCUT2D eigenvalue weighted by Gasteiger charge is 2.29. The minimum Gasteiger partial charge on any atom is -0.450 e. The van der Waals surface area contributed by atoms with Gasteiger partial charge in [-0.2, -0.15) is 4.99 Å². The van der Waals surface area contributed by atoms with E-state index < -0.39 is 6.03 Å². The summed E-state index contributed by atoms with van der Waals surface area (Å²) in [6, 6.07) is 9.46. The molecular weight excluding hydrogens is 412 g/mol. The van der Waals surface area contributed by atoms with Gasteiger partial charge in [-0.05, 0) is 46.3 Å². The molecule has 1 aromatic carbocycles. The zero-order chi connectivity index (χ0) is 18.0. The Morgan fingerprint density at radius 2 is 2.20 bits per heavy atom. The van der Waals surface area contributed by atoms with Crippen LogP contribution in [-0.4, -0.2) is 29.8 Å². The first-order chi connectivity index (χ1) is 11.9. The second-order valence-electron chi connectivity index (χ2n) is 5.06. The Labute approximate surface area is 156 Å². The summed E-state index contributed by atoms with van der Waals surface area (Å²) in [4.78, 5) is 29.5. The molecule has 2 heterocycles. The van der Waals surface area contributed by atoms with Crippen LogP contribution in [0, 0.1) is 0 Å². The average molecular weight is 424 g/mol. The van der Waals surface area contributed by atoms with Gasteiger partial charge < -0.3 is 14.6 Å². The number of guanidine groups is 1. The smallest absolute Gasteiger partial charge is 0.348 e. The summed E-state index contributed by atoms with van der Waals surface area (Å²) in [6.45, 7) is 0. The van der Waals surface area contributed by atoms with Crippen molar-refractivity contribution in [3.05, 3.63) is 57.5 Å². The molecule has 0 atom stereocenters. The topological polar surface area (TPSA) is 86.9 Å². The third-order valence-corrected chi connectivity index (χ3v) is 3.95. The van der Waals surface area contributed by atoms with Gasteiger partial charge in [0.25, 0.3) is 5.91 Å². The second-order valence-corrected chi connectivity index (χ2v) is 6.28. The van der Waals surface area contributed by atoms with E-state index >= 15 is 0 Å². The second kappa shape index (κ2) is 7.12. The average Bonchev–Trinajstić information content (AvgIpc) is 3.06. The monoisotopic (exact) mass is 422 g/mol. The lowest BCUT2D eigenvalue weighted by Crippen LogP contribution is -2.29. The van der Waals surface area contributed by atoms with E-state index in [2.05, 4.69) is 31.6 Å². The summed E-state index contributed by atoms with van der Waals surface area (Å²) in [5, 5.41) is 5.61. The van der Waals surface area contributed by atoms with Gasteiger partial charge in [-0.3, -0.25) is 10.1 Å². The van der Waals surface area contributed by atoms with E-state index in [-0.39, 0.29) is 11.9 Å². The van der Waals surface area contributed by atoms with Crippen LogP contribution in [0.4, 0.5) is 10.5 Å². The van der Waals surface area contributed by atoms with Gasteiger partial charge in [-0.25, -0.2) is 4.79 Å². The van der Waals surface area contributed by atoms with E-state index in [4.69, 9.17) is 16.0 Å². The summed E-state index contributed by atoms with van der Waals surface area (Å²) in [6.07, 6.45) is 1.55. The number of likely N-dealkylation sites (N-methyl/N-ethyl adjacent to an activating group) is 1. The summed E-state index contributed by atoms with van der Waals surface area (Å²) in [5.41, 5.74) is 0.807. The maximum absolute atomic E-state index is 12.1. The van der Waals surface area contributed by atoms with Crippen LogP contribution in [0.5, 0.6) is 0 Å². The fraction of sp³-hybridized carbons (Fsp3) is 0.0625. The molecule has 25 heavy (non-hydrogen) atoms. The zero-order valence-electron chi connectivity index (χ0n) is 12.9. The molecular formula is C16H12BrClN4O3. The van der Waals surface area contributed by atoms with E-state index in [0.29, 0.717) is 26.8 Å². The SMILES string of the molecule is CN1/C(=C\c2ccc(Br)o2)C(=O)N/C1=N/C(=O)Nc1cccc(Cl)c1. The first kappa shape index (κ1) is 17.2. The van der Waals surface area contributed by atoms with Gasteiger partial charge in [0.15, 0.2) is 4.67 Å². The highest BCUT2D eigenvalue weighted by Crippen LogP contribution is 2.20. The van der Waals surface area contributed by atoms with E-state index in [1.165, 1.54) is 4.90 Å². The molecule has 0 unspecified atom stereocenters. The van der Waals surface area contributed by atoms with Crippen molar-refractivity contribution in [1.29, 1.82) is 0 Å². The first-order valence-corrected chi connectivity index (χ1v) is 8.27. The maximum Gasteiger partial charge on any atom is 0.348 e. The highest BCUT2D eigenvalue weighted by molar-refractivity contribution is 9.10.